The minimum atomic E-state index is 0. The summed E-state index contributed by atoms with van der Waals surface area (Å²) in [5.74, 6) is 1.75. The number of ether oxygens (including phenoxy) is 1. The molecule has 2 atom stereocenters. The number of nitrogens with two attached hydrogens (primary N) is 1. The highest BCUT2D eigenvalue weighted by Gasteiger charge is 2.24. The van der Waals surface area contributed by atoms with Crippen molar-refractivity contribution in [3.8, 4) is 5.75 Å². The summed E-state index contributed by atoms with van der Waals surface area (Å²) < 4.78 is 5.18. The van der Waals surface area contributed by atoms with Crippen LogP contribution in [0.2, 0.25) is 0 Å². The molecule has 2 N–H and O–H groups in total. The number of hydrogen-bond acceptors (Lipinski definition) is 3. The maximum Gasteiger partial charge on any atom is 0.118 e. The molecule has 2 unspecified atom stereocenters. The van der Waals surface area contributed by atoms with Gasteiger partial charge in [-0.15, -0.1) is 12.4 Å². The van der Waals surface area contributed by atoms with Crippen LogP contribution in [0.15, 0.2) is 24.3 Å². The average molecular weight is 299 g/mol. The number of hydrogen-bond donors (Lipinski definition) is 1. The van der Waals surface area contributed by atoms with Gasteiger partial charge in [0.05, 0.1) is 7.11 Å². The van der Waals surface area contributed by atoms with Gasteiger partial charge in [-0.3, -0.25) is 4.90 Å². The van der Waals surface area contributed by atoms with Crippen LogP contribution >= 0.6 is 12.4 Å². The smallest absolute Gasteiger partial charge is 0.118 e. The fourth-order valence-corrected chi connectivity index (χ4v) is 2.90. The summed E-state index contributed by atoms with van der Waals surface area (Å²) in [5, 5.41) is 0. The second kappa shape index (κ2) is 8.50. The van der Waals surface area contributed by atoms with Crippen LogP contribution < -0.4 is 10.5 Å². The maximum absolute atomic E-state index is 5.90. The summed E-state index contributed by atoms with van der Waals surface area (Å²) in [6.45, 7) is 5.43. The second-order valence-corrected chi connectivity index (χ2v) is 5.65. The van der Waals surface area contributed by atoms with Gasteiger partial charge in [-0.25, -0.2) is 0 Å². The van der Waals surface area contributed by atoms with E-state index in [0.717, 1.165) is 31.2 Å². The van der Waals surface area contributed by atoms with Gasteiger partial charge in [-0.1, -0.05) is 19.1 Å². The molecule has 1 fully saturated rings. The van der Waals surface area contributed by atoms with Crippen LogP contribution in [-0.2, 0) is 6.42 Å². The van der Waals surface area contributed by atoms with Crippen molar-refractivity contribution in [3.63, 3.8) is 0 Å². The molecule has 0 aliphatic carbocycles. The van der Waals surface area contributed by atoms with E-state index in [4.69, 9.17) is 10.5 Å². The fraction of sp³-hybridized carbons (Fsp3) is 0.625. The number of piperidine rings is 1. The Morgan fingerprint density at radius 1 is 1.30 bits per heavy atom. The van der Waals surface area contributed by atoms with Crippen molar-refractivity contribution >= 4 is 12.4 Å². The predicted octanol–water partition coefficient (Wildman–Crippen LogP) is 2.72. The number of rotatable bonds is 5. The Bertz CT molecular complexity index is 383. The Labute approximate surface area is 128 Å². The molecule has 4 heteroatoms. The quantitative estimate of drug-likeness (QED) is 0.908. The van der Waals surface area contributed by atoms with E-state index in [9.17, 15) is 0 Å². The van der Waals surface area contributed by atoms with Crippen LogP contribution in [0, 0.1) is 5.92 Å². The first-order chi connectivity index (χ1) is 9.22. The molecule has 0 amide bonds. The monoisotopic (exact) mass is 298 g/mol. The zero-order valence-electron chi connectivity index (χ0n) is 12.5. The van der Waals surface area contributed by atoms with Gasteiger partial charge in [0, 0.05) is 19.1 Å². The molecule has 20 heavy (non-hydrogen) atoms. The molecule has 2 rings (SSSR count). The van der Waals surface area contributed by atoms with Crippen molar-refractivity contribution in [2.75, 3.05) is 26.7 Å². The van der Waals surface area contributed by atoms with E-state index >= 15 is 0 Å². The summed E-state index contributed by atoms with van der Waals surface area (Å²) in [5.41, 5.74) is 7.28. The highest BCUT2D eigenvalue weighted by molar-refractivity contribution is 5.85. The molecule has 0 bridgehead atoms. The molecular formula is C16H27ClN2O. The summed E-state index contributed by atoms with van der Waals surface area (Å²) >= 11 is 0. The van der Waals surface area contributed by atoms with Gasteiger partial charge in [-0.2, -0.15) is 0 Å². The molecule has 1 aliphatic rings. The highest BCUT2D eigenvalue weighted by Crippen LogP contribution is 2.22. The maximum atomic E-state index is 5.90. The Morgan fingerprint density at radius 2 is 2.00 bits per heavy atom. The van der Waals surface area contributed by atoms with Crippen molar-refractivity contribution in [2.45, 2.75) is 32.2 Å². The minimum absolute atomic E-state index is 0. The zero-order chi connectivity index (χ0) is 13.7. The number of methoxy groups -OCH3 is 1. The van der Waals surface area contributed by atoms with Gasteiger partial charge in [0.1, 0.15) is 5.75 Å². The summed E-state index contributed by atoms with van der Waals surface area (Å²) in [7, 11) is 1.70. The lowest BCUT2D eigenvalue weighted by Crippen LogP contribution is -2.46. The predicted molar refractivity (Wildman–Crippen MR) is 86.8 cm³/mol. The molecule has 0 saturated carbocycles. The molecule has 0 spiro atoms. The van der Waals surface area contributed by atoms with Gasteiger partial charge in [0.25, 0.3) is 0 Å². The third-order valence-electron chi connectivity index (χ3n) is 4.22. The molecule has 1 aliphatic heterocycles. The lowest BCUT2D eigenvalue weighted by atomic mass is 9.92. The van der Waals surface area contributed by atoms with Gasteiger partial charge in [0.2, 0.25) is 0 Å². The summed E-state index contributed by atoms with van der Waals surface area (Å²) in [6, 6.07) is 8.95. The highest BCUT2D eigenvalue weighted by atomic mass is 35.5. The molecular weight excluding hydrogens is 272 g/mol. The van der Waals surface area contributed by atoms with Gasteiger partial charge < -0.3 is 10.5 Å². The first-order valence-corrected chi connectivity index (χ1v) is 7.30. The SMILES string of the molecule is COc1ccc(CCN2CCC(C)CC2CN)cc1.Cl. The molecule has 114 valence electrons. The van der Waals surface area contributed by atoms with Crippen molar-refractivity contribution in [1.82, 2.24) is 4.90 Å². The van der Waals surface area contributed by atoms with E-state index in [1.54, 1.807) is 7.11 Å². The van der Waals surface area contributed by atoms with E-state index < -0.39 is 0 Å². The van der Waals surface area contributed by atoms with Crippen LogP contribution in [-0.4, -0.2) is 37.7 Å². The van der Waals surface area contributed by atoms with Gasteiger partial charge in [-0.05, 0) is 49.4 Å². The van der Waals surface area contributed by atoms with Crippen LogP contribution in [0.1, 0.15) is 25.3 Å². The van der Waals surface area contributed by atoms with Crippen molar-refractivity contribution in [3.05, 3.63) is 29.8 Å². The molecule has 1 saturated heterocycles. The third kappa shape index (κ3) is 4.65. The van der Waals surface area contributed by atoms with Crippen LogP contribution in [0.4, 0.5) is 0 Å². The lowest BCUT2D eigenvalue weighted by Gasteiger charge is -2.38. The largest absolute Gasteiger partial charge is 0.497 e. The van der Waals surface area contributed by atoms with E-state index in [1.165, 1.54) is 24.9 Å². The Balaban J connectivity index is 0.00000200. The first kappa shape index (κ1) is 17.3. The molecule has 3 nitrogen and oxygen atoms in total. The lowest BCUT2D eigenvalue weighted by molar-refractivity contribution is 0.124. The number of likely N-dealkylation sites (tertiary alicyclic amines) is 1. The Kier molecular flexibility index (Phi) is 7.35. The van der Waals surface area contributed by atoms with Gasteiger partial charge in [0.15, 0.2) is 0 Å². The van der Waals surface area contributed by atoms with Crippen molar-refractivity contribution in [1.29, 1.82) is 0 Å². The van der Waals surface area contributed by atoms with Crippen LogP contribution in [0.5, 0.6) is 5.75 Å². The molecule has 1 aromatic carbocycles. The topological polar surface area (TPSA) is 38.5 Å². The zero-order valence-corrected chi connectivity index (χ0v) is 13.4. The molecule has 1 heterocycles. The number of nitrogens with zero attached hydrogens (tertiary/aromatic N) is 1. The van der Waals surface area contributed by atoms with Gasteiger partial charge >= 0.3 is 0 Å². The Hall–Kier alpha value is -0.770. The number of benzene rings is 1. The number of halogens is 1. The fourth-order valence-electron chi connectivity index (χ4n) is 2.90. The molecule has 0 aromatic heterocycles. The second-order valence-electron chi connectivity index (χ2n) is 5.65. The molecule has 0 radical (unpaired) electrons. The van der Waals surface area contributed by atoms with Crippen LogP contribution in [0.25, 0.3) is 0 Å². The summed E-state index contributed by atoms with van der Waals surface area (Å²) in [6.07, 6.45) is 3.65. The van der Waals surface area contributed by atoms with Crippen molar-refractivity contribution in [2.24, 2.45) is 11.7 Å². The third-order valence-corrected chi connectivity index (χ3v) is 4.22. The van der Waals surface area contributed by atoms with Crippen LogP contribution in [0.3, 0.4) is 0 Å². The first-order valence-electron chi connectivity index (χ1n) is 7.30. The van der Waals surface area contributed by atoms with E-state index in [1.807, 2.05) is 12.1 Å². The van der Waals surface area contributed by atoms with E-state index in [-0.39, 0.29) is 12.4 Å². The standard InChI is InChI=1S/C16H26N2O.ClH/c1-13-7-9-18(15(11-13)12-17)10-8-14-3-5-16(19-2)6-4-14;/h3-6,13,15H,7-12,17H2,1-2H3;1H. The van der Waals surface area contributed by atoms with E-state index in [0.29, 0.717) is 6.04 Å². The Morgan fingerprint density at radius 3 is 2.60 bits per heavy atom. The normalized spacial score (nSPS) is 23.1. The summed E-state index contributed by atoms with van der Waals surface area (Å²) in [4.78, 5) is 2.56. The molecule has 1 aromatic rings. The minimum Gasteiger partial charge on any atom is -0.497 e. The van der Waals surface area contributed by atoms with E-state index in [2.05, 4.69) is 24.0 Å². The average Bonchev–Trinajstić information content (AvgIpc) is 2.46. The van der Waals surface area contributed by atoms with Crippen molar-refractivity contribution < 1.29 is 4.74 Å².